The lowest BCUT2D eigenvalue weighted by Gasteiger charge is -2.18. The zero-order valence-electron chi connectivity index (χ0n) is 9.20. The van der Waals surface area contributed by atoms with E-state index in [2.05, 4.69) is 10.5 Å². The van der Waals surface area contributed by atoms with E-state index in [4.69, 9.17) is 10.2 Å². The summed E-state index contributed by atoms with van der Waals surface area (Å²) in [6, 6.07) is -0.997. The fourth-order valence-corrected chi connectivity index (χ4v) is 1.32. The molecular formula is C7H13N3O7S. The number of carboxylic acid groups (broad SMARTS) is 2. The molecule has 0 aromatic heterocycles. The van der Waals surface area contributed by atoms with Crippen LogP contribution in [0.3, 0.4) is 0 Å². The van der Waals surface area contributed by atoms with Crippen molar-refractivity contribution in [2.75, 3.05) is 25.4 Å². The van der Waals surface area contributed by atoms with Crippen molar-refractivity contribution < 1.29 is 33.0 Å². The second kappa shape index (κ2) is 6.76. The molecular weight excluding hydrogens is 270 g/mol. The summed E-state index contributed by atoms with van der Waals surface area (Å²) in [6.45, 7) is -1.96. The van der Waals surface area contributed by atoms with E-state index >= 15 is 0 Å². The van der Waals surface area contributed by atoms with E-state index in [1.807, 2.05) is 0 Å². The molecule has 0 heterocycles. The van der Waals surface area contributed by atoms with Gasteiger partial charge in [0, 0.05) is 6.54 Å². The van der Waals surface area contributed by atoms with Crippen LogP contribution in [0.15, 0.2) is 0 Å². The number of sulfonamides is 1. The first-order valence-electron chi connectivity index (χ1n) is 4.58. The lowest BCUT2D eigenvalue weighted by molar-refractivity contribution is -0.140. The molecule has 0 rings (SSSR count). The summed E-state index contributed by atoms with van der Waals surface area (Å²) in [5.74, 6) is -3.32. The van der Waals surface area contributed by atoms with E-state index in [0.29, 0.717) is 4.90 Å². The summed E-state index contributed by atoms with van der Waals surface area (Å²) in [5, 5.41) is 23.7. The van der Waals surface area contributed by atoms with Crippen LogP contribution in [0.25, 0.3) is 0 Å². The molecule has 10 nitrogen and oxygen atoms in total. The summed E-state index contributed by atoms with van der Waals surface area (Å²) in [7, 11) is -3.76. The minimum atomic E-state index is -3.76. The molecule has 0 unspecified atom stereocenters. The highest BCUT2D eigenvalue weighted by Crippen LogP contribution is 1.90. The van der Waals surface area contributed by atoms with Gasteiger partial charge in [0.15, 0.2) is 0 Å². The zero-order valence-corrected chi connectivity index (χ0v) is 10.0. The minimum absolute atomic E-state index is 0.340. The number of rotatable bonds is 7. The van der Waals surface area contributed by atoms with Gasteiger partial charge in [-0.15, -0.1) is 0 Å². The third kappa shape index (κ3) is 8.29. The van der Waals surface area contributed by atoms with Crippen molar-refractivity contribution in [1.82, 2.24) is 10.2 Å². The van der Waals surface area contributed by atoms with Gasteiger partial charge < -0.3 is 20.4 Å². The fraction of sp³-hybridized carbons (Fsp3) is 0.571. The quantitative estimate of drug-likeness (QED) is 0.399. The molecule has 0 fully saturated rings. The Morgan fingerprint density at radius 3 is 1.89 bits per heavy atom. The van der Waals surface area contributed by atoms with E-state index in [-0.39, 0.29) is 6.54 Å². The Kier molecular flexibility index (Phi) is 6.05. The lowest BCUT2D eigenvalue weighted by Crippen LogP contribution is -2.46. The SMILES string of the molecule is NS(=O)(=O)CCNC(=O)N(CC(=O)O)CC(=O)O. The van der Waals surface area contributed by atoms with Gasteiger partial charge in [-0.1, -0.05) is 0 Å². The molecule has 104 valence electrons. The normalized spacial score (nSPS) is 10.7. The molecule has 0 spiro atoms. The van der Waals surface area contributed by atoms with Gasteiger partial charge in [-0.25, -0.2) is 18.4 Å². The van der Waals surface area contributed by atoms with Crippen molar-refractivity contribution in [2.45, 2.75) is 0 Å². The van der Waals surface area contributed by atoms with Crippen LogP contribution in [0.2, 0.25) is 0 Å². The number of carbonyl (C=O) groups excluding carboxylic acids is 1. The maximum Gasteiger partial charge on any atom is 0.323 e. The third-order valence-corrected chi connectivity index (χ3v) is 2.38. The van der Waals surface area contributed by atoms with Crippen LogP contribution in [0.5, 0.6) is 0 Å². The molecule has 0 aliphatic rings. The van der Waals surface area contributed by atoms with E-state index in [1.165, 1.54) is 0 Å². The Morgan fingerprint density at radius 1 is 1.11 bits per heavy atom. The lowest BCUT2D eigenvalue weighted by atomic mass is 10.5. The molecule has 0 atom stereocenters. The van der Waals surface area contributed by atoms with Crippen molar-refractivity contribution in [3.8, 4) is 0 Å². The molecule has 5 N–H and O–H groups in total. The number of nitrogens with two attached hydrogens (primary N) is 1. The van der Waals surface area contributed by atoms with E-state index in [0.717, 1.165) is 0 Å². The number of urea groups is 1. The first kappa shape index (κ1) is 16.1. The standard InChI is InChI=1S/C7H13N3O7S/c8-18(16,17)2-1-9-7(15)10(3-5(11)12)4-6(13)14/h1-4H2,(H,9,15)(H,11,12)(H,13,14)(H2,8,16,17). The number of carbonyl (C=O) groups is 3. The van der Waals surface area contributed by atoms with Crippen molar-refractivity contribution in [3.05, 3.63) is 0 Å². The van der Waals surface area contributed by atoms with Crippen molar-refractivity contribution in [2.24, 2.45) is 5.14 Å². The second-order valence-electron chi connectivity index (χ2n) is 3.24. The Morgan fingerprint density at radius 2 is 1.56 bits per heavy atom. The predicted molar refractivity (Wildman–Crippen MR) is 58.2 cm³/mol. The number of primary sulfonamides is 1. The van der Waals surface area contributed by atoms with E-state index < -0.39 is 46.8 Å². The third-order valence-electron chi connectivity index (χ3n) is 1.60. The van der Waals surface area contributed by atoms with Gasteiger partial charge in [-0.05, 0) is 0 Å². The van der Waals surface area contributed by atoms with Crippen molar-refractivity contribution >= 4 is 28.0 Å². The molecule has 2 amide bonds. The van der Waals surface area contributed by atoms with E-state index in [9.17, 15) is 22.8 Å². The second-order valence-corrected chi connectivity index (χ2v) is 4.98. The number of carboxylic acids is 2. The summed E-state index contributed by atoms with van der Waals surface area (Å²) >= 11 is 0. The highest BCUT2D eigenvalue weighted by molar-refractivity contribution is 7.89. The van der Waals surface area contributed by atoms with Crippen LogP contribution in [0, 0.1) is 0 Å². The van der Waals surface area contributed by atoms with Gasteiger partial charge in [-0.2, -0.15) is 0 Å². The Labute approximate surface area is 102 Å². The summed E-state index contributed by atoms with van der Waals surface area (Å²) in [6.07, 6.45) is 0. The fourth-order valence-electron chi connectivity index (χ4n) is 0.938. The molecule has 11 heteroatoms. The monoisotopic (exact) mass is 283 g/mol. The van der Waals surface area contributed by atoms with Crippen LogP contribution in [0.1, 0.15) is 0 Å². The average molecular weight is 283 g/mol. The maximum absolute atomic E-state index is 11.4. The van der Waals surface area contributed by atoms with Gasteiger partial charge in [0.25, 0.3) is 0 Å². The molecule has 0 aliphatic carbocycles. The van der Waals surface area contributed by atoms with Crippen molar-refractivity contribution in [1.29, 1.82) is 0 Å². The Balaban J connectivity index is 4.37. The smallest absolute Gasteiger partial charge is 0.323 e. The number of nitrogens with one attached hydrogen (secondary N) is 1. The number of aliphatic carboxylic acids is 2. The number of hydrogen-bond acceptors (Lipinski definition) is 5. The van der Waals surface area contributed by atoms with Gasteiger partial charge in [0.05, 0.1) is 5.75 Å². The highest BCUT2D eigenvalue weighted by Gasteiger charge is 2.19. The molecule has 0 radical (unpaired) electrons. The van der Waals surface area contributed by atoms with Crippen molar-refractivity contribution in [3.63, 3.8) is 0 Å². The molecule has 0 aliphatic heterocycles. The molecule has 0 bridgehead atoms. The summed E-state index contributed by atoms with van der Waals surface area (Å²) < 4.78 is 21.1. The molecule has 18 heavy (non-hydrogen) atoms. The minimum Gasteiger partial charge on any atom is -0.480 e. The van der Waals surface area contributed by atoms with Gasteiger partial charge in [0.2, 0.25) is 10.0 Å². The largest absolute Gasteiger partial charge is 0.480 e. The molecule has 0 saturated carbocycles. The van der Waals surface area contributed by atoms with Crippen LogP contribution in [0.4, 0.5) is 4.79 Å². The number of nitrogens with zero attached hydrogens (tertiary/aromatic N) is 1. The molecule has 0 saturated heterocycles. The average Bonchev–Trinajstić information content (AvgIpc) is 2.12. The Bertz CT molecular complexity index is 416. The molecule has 0 aromatic rings. The zero-order chi connectivity index (χ0) is 14.3. The summed E-state index contributed by atoms with van der Waals surface area (Å²) in [5.41, 5.74) is 0. The first-order chi connectivity index (χ1) is 8.11. The van der Waals surface area contributed by atoms with Crippen LogP contribution >= 0.6 is 0 Å². The van der Waals surface area contributed by atoms with Gasteiger partial charge in [-0.3, -0.25) is 9.59 Å². The van der Waals surface area contributed by atoms with Crippen LogP contribution in [-0.4, -0.2) is 66.9 Å². The number of amides is 2. The van der Waals surface area contributed by atoms with Gasteiger partial charge in [0.1, 0.15) is 13.1 Å². The predicted octanol–water partition coefficient (Wildman–Crippen LogP) is -2.54. The van der Waals surface area contributed by atoms with Crippen LogP contribution in [-0.2, 0) is 19.6 Å². The topological polar surface area (TPSA) is 167 Å². The Hall–Kier alpha value is -1.88. The van der Waals surface area contributed by atoms with Crippen LogP contribution < -0.4 is 10.5 Å². The highest BCUT2D eigenvalue weighted by atomic mass is 32.2. The summed E-state index contributed by atoms with van der Waals surface area (Å²) in [4.78, 5) is 32.7. The van der Waals surface area contributed by atoms with Gasteiger partial charge >= 0.3 is 18.0 Å². The number of hydrogen-bond donors (Lipinski definition) is 4. The first-order valence-corrected chi connectivity index (χ1v) is 6.30. The van der Waals surface area contributed by atoms with E-state index in [1.54, 1.807) is 0 Å². The molecule has 0 aromatic carbocycles. The maximum atomic E-state index is 11.4.